The van der Waals surface area contributed by atoms with Crippen LogP contribution in [0.3, 0.4) is 0 Å². The second-order valence-electron chi connectivity index (χ2n) is 5.98. The Labute approximate surface area is 226 Å². The molecule has 0 atom stereocenters. The quantitative estimate of drug-likeness (QED) is 0.207. The van der Waals surface area contributed by atoms with Crippen molar-refractivity contribution in [2.24, 2.45) is 0 Å². The number of carbonyl (C=O) groups excluding carboxylic acids is 4. The van der Waals surface area contributed by atoms with E-state index in [4.69, 9.17) is 9.47 Å². The van der Waals surface area contributed by atoms with Gasteiger partial charge in [-0.1, -0.05) is 0 Å². The third-order valence-corrected chi connectivity index (χ3v) is 3.96. The summed E-state index contributed by atoms with van der Waals surface area (Å²) in [6.07, 6.45) is 0. The zero-order valence-electron chi connectivity index (χ0n) is 17.2. The molecule has 0 heterocycles. The van der Waals surface area contributed by atoms with Crippen molar-refractivity contribution in [2.45, 2.75) is 0 Å². The third-order valence-electron chi connectivity index (χ3n) is 3.96. The maximum absolute atomic E-state index is 12.2. The van der Waals surface area contributed by atoms with Gasteiger partial charge in [0, 0.05) is 0 Å². The largest absolute Gasteiger partial charge is 1.00 e. The molecule has 3 aromatic carbocycles. The number of aromatic carboxylic acids is 2. The zero-order valence-corrected chi connectivity index (χ0v) is 21.2. The van der Waals surface area contributed by atoms with Crippen molar-refractivity contribution in [1.29, 1.82) is 0 Å². The van der Waals surface area contributed by atoms with Crippen molar-refractivity contribution >= 4 is 23.9 Å². The fourth-order valence-electron chi connectivity index (χ4n) is 2.39. The smallest absolute Gasteiger partial charge is 0.545 e. The minimum absolute atomic E-state index is 0. The summed E-state index contributed by atoms with van der Waals surface area (Å²) in [6, 6.07) is 15.7. The Hall–Kier alpha value is -2.46. The molecule has 32 heavy (non-hydrogen) atoms. The van der Waals surface area contributed by atoms with Gasteiger partial charge in [0.15, 0.2) is 0 Å². The van der Waals surface area contributed by atoms with Crippen LogP contribution in [0.4, 0.5) is 0 Å². The van der Waals surface area contributed by atoms with E-state index < -0.39 is 23.9 Å². The van der Waals surface area contributed by atoms with Gasteiger partial charge in [0.2, 0.25) is 0 Å². The molecule has 0 aliphatic rings. The minimum atomic E-state index is -1.34. The maximum atomic E-state index is 12.2. The third kappa shape index (κ3) is 7.30. The van der Waals surface area contributed by atoms with Gasteiger partial charge in [-0.3, -0.25) is 0 Å². The number of carboxylic acids is 2. The summed E-state index contributed by atoms with van der Waals surface area (Å²) in [5.74, 6) is -3.79. The molecule has 150 valence electrons. The van der Waals surface area contributed by atoms with Crippen LogP contribution < -0.4 is 78.8 Å². The van der Waals surface area contributed by atoms with Gasteiger partial charge in [0.25, 0.3) is 0 Å². The number of hydrogen-bond donors (Lipinski definition) is 0. The monoisotopic (exact) mass is 450 g/mol. The summed E-state index contributed by atoms with van der Waals surface area (Å²) in [7, 11) is 0. The zero-order chi connectivity index (χ0) is 21.7. The van der Waals surface area contributed by atoms with Crippen LogP contribution in [0, 0.1) is 0 Å². The molecule has 0 aliphatic heterocycles. The number of esters is 2. The topological polar surface area (TPSA) is 133 Å². The van der Waals surface area contributed by atoms with Crippen LogP contribution in [0.15, 0.2) is 72.8 Å². The molecule has 0 bridgehead atoms. The van der Waals surface area contributed by atoms with E-state index in [0.717, 1.165) is 0 Å². The Morgan fingerprint density at radius 3 is 0.969 bits per heavy atom. The van der Waals surface area contributed by atoms with Crippen molar-refractivity contribution in [3.8, 4) is 11.5 Å². The van der Waals surface area contributed by atoms with Gasteiger partial charge in [0.05, 0.1) is 23.1 Å². The second kappa shape index (κ2) is 12.5. The maximum Gasteiger partial charge on any atom is 1.00 e. The summed E-state index contributed by atoms with van der Waals surface area (Å²) < 4.78 is 10.3. The molecule has 0 saturated heterocycles. The molecule has 0 amide bonds. The first-order chi connectivity index (χ1) is 14.3. The Morgan fingerprint density at radius 2 is 0.719 bits per heavy atom. The summed E-state index contributed by atoms with van der Waals surface area (Å²) >= 11 is 0. The van der Waals surface area contributed by atoms with Crippen LogP contribution in [0.25, 0.3) is 0 Å². The molecule has 0 spiro atoms. The Bertz CT molecular complexity index is 1020. The van der Waals surface area contributed by atoms with Crippen LogP contribution in [-0.4, -0.2) is 23.9 Å². The Kier molecular flexibility index (Phi) is 10.8. The normalized spacial score (nSPS) is 9.50. The van der Waals surface area contributed by atoms with Gasteiger partial charge in [-0.25, -0.2) is 9.59 Å². The predicted octanol–water partition coefficient (Wildman–Crippen LogP) is -5.14. The molecule has 3 aromatic rings. The van der Waals surface area contributed by atoms with Crippen LogP contribution in [-0.2, 0) is 0 Å². The molecule has 3 rings (SSSR count). The van der Waals surface area contributed by atoms with E-state index in [1.54, 1.807) is 0 Å². The Balaban J connectivity index is 0.00000256. The fourth-order valence-corrected chi connectivity index (χ4v) is 2.39. The number of carbonyl (C=O) groups is 4. The number of ether oxygens (including phenoxy) is 2. The van der Waals surface area contributed by atoms with Gasteiger partial charge < -0.3 is 29.3 Å². The van der Waals surface area contributed by atoms with Gasteiger partial charge >= 0.3 is 71.1 Å². The SMILES string of the molecule is O=C([O-])c1ccc(OC(=O)c2ccc(C(=O)Oc3ccc(C(=O)[O-])cc3)cc2)cc1.[Na+].[Na+]. The van der Waals surface area contributed by atoms with Crippen molar-refractivity contribution < 1.29 is 98.0 Å². The van der Waals surface area contributed by atoms with E-state index in [2.05, 4.69) is 0 Å². The van der Waals surface area contributed by atoms with Crippen molar-refractivity contribution in [3.05, 3.63) is 95.1 Å². The van der Waals surface area contributed by atoms with E-state index in [0.29, 0.717) is 0 Å². The number of hydrogen-bond acceptors (Lipinski definition) is 8. The van der Waals surface area contributed by atoms with Gasteiger partial charge in [-0.05, 0) is 83.9 Å². The first kappa shape index (κ1) is 27.6. The first-order valence-corrected chi connectivity index (χ1v) is 8.51. The van der Waals surface area contributed by atoms with Crippen molar-refractivity contribution in [2.75, 3.05) is 0 Å². The molecular formula is C22H12Na2O8. The summed E-state index contributed by atoms with van der Waals surface area (Å²) in [5.41, 5.74) is 0.224. The number of carboxylic acid groups (broad SMARTS) is 2. The van der Waals surface area contributed by atoms with Gasteiger partial charge in [-0.15, -0.1) is 0 Å². The molecule has 0 aromatic heterocycles. The van der Waals surface area contributed by atoms with Crippen LogP contribution in [0.5, 0.6) is 11.5 Å². The molecule has 0 unspecified atom stereocenters. The van der Waals surface area contributed by atoms with E-state index in [1.165, 1.54) is 72.8 Å². The summed E-state index contributed by atoms with van der Waals surface area (Å²) in [4.78, 5) is 45.8. The Morgan fingerprint density at radius 1 is 0.469 bits per heavy atom. The van der Waals surface area contributed by atoms with E-state index in [1.807, 2.05) is 0 Å². The number of benzene rings is 3. The summed E-state index contributed by atoms with van der Waals surface area (Å²) in [6.45, 7) is 0. The minimum Gasteiger partial charge on any atom is -0.545 e. The molecule has 0 radical (unpaired) electrons. The average molecular weight is 450 g/mol. The van der Waals surface area contributed by atoms with E-state index in [9.17, 15) is 29.4 Å². The van der Waals surface area contributed by atoms with Gasteiger partial charge in [0.1, 0.15) is 11.5 Å². The van der Waals surface area contributed by atoms with Crippen LogP contribution in [0.1, 0.15) is 41.4 Å². The van der Waals surface area contributed by atoms with E-state index >= 15 is 0 Å². The molecule has 0 saturated carbocycles. The number of rotatable bonds is 6. The van der Waals surface area contributed by atoms with Crippen molar-refractivity contribution in [3.63, 3.8) is 0 Å². The molecule has 0 N–H and O–H groups in total. The molecule has 0 aliphatic carbocycles. The average Bonchev–Trinajstić information content (AvgIpc) is 2.74. The van der Waals surface area contributed by atoms with Crippen LogP contribution in [0.2, 0.25) is 0 Å². The first-order valence-electron chi connectivity index (χ1n) is 8.51. The van der Waals surface area contributed by atoms with Crippen LogP contribution >= 0.6 is 0 Å². The molecular weight excluding hydrogens is 438 g/mol. The van der Waals surface area contributed by atoms with E-state index in [-0.39, 0.29) is 92.9 Å². The molecule has 8 nitrogen and oxygen atoms in total. The standard InChI is InChI=1S/C22H14O8.2Na/c23-19(24)13-5-9-17(10-6-13)29-21(27)15-1-2-16(4-3-15)22(28)30-18-11-7-14(8-12-18)20(25)26;;/h1-12H,(H,23,24)(H,25,26);;/q;2*+1/p-2. The second-order valence-corrected chi connectivity index (χ2v) is 5.98. The summed E-state index contributed by atoms with van der Waals surface area (Å²) in [5, 5.41) is 21.4. The molecule has 10 heteroatoms. The molecule has 0 fully saturated rings. The predicted molar refractivity (Wildman–Crippen MR) is 97.9 cm³/mol. The fraction of sp³-hybridized carbons (Fsp3) is 0. The van der Waals surface area contributed by atoms with Gasteiger partial charge in [-0.2, -0.15) is 0 Å². The van der Waals surface area contributed by atoms with Crippen molar-refractivity contribution in [1.82, 2.24) is 0 Å².